The van der Waals surface area contributed by atoms with Crippen LogP contribution >= 0.6 is 0 Å². The zero-order valence-electron chi connectivity index (χ0n) is 13.6. The lowest BCUT2D eigenvalue weighted by molar-refractivity contribution is 0.0242. The molecule has 0 aromatic heterocycles. The second-order valence-corrected chi connectivity index (χ2v) is 7.33. The van der Waals surface area contributed by atoms with Crippen LogP contribution in [0.25, 0.3) is 0 Å². The molecule has 2 aromatic rings. The number of allylic oxidation sites excluding steroid dienone is 1. The average molecular weight is 316 g/mol. The van der Waals surface area contributed by atoms with Crippen LogP contribution in [-0.4, -0.2) is 12.1 Å². The molecular weight excluding hydrogens is 296 g/mol. The van der Waals surface area contributed by atoms with Crippen LogP contribution < -0.4 is 0 Å². The van der Waals surface area contributed by atoms with Gasteiger partial charge in [0.15, 0.2) is 0 Å². The van der Waals surface area contributed by atoms with Crippen LogP contribution in [0.2, 0.25) is 0 Å². The summed E-state index contributed by atoms with van der Waals surface area (Å²) in [4.78, 5) is 12.6. The van der Waals surface area contributed by atoms with Crippen LogP contribution in [0.3, 0.4) is 0 Å². The maximum Gasteiger partial charge on any atom is 0.338 e. The Morgan fingerprint density at radius 2 is 1.62 bits per heavy atom. The van der Waals surface area contributed by atoms with Gasteiger partial charge >= 0.3 is 5.97 Å². The summed E-state index contributed by atoms with van der Waals surface area (Å²) in [7, 11) is 0. The third-order valence-electron chi connectivity index (χ3n) is 5.80. The lowest BCUT2D eigenvalue weighted by Gasteiger charge is -2.21. The van der Waals surface area contributed by atoms with Crippen molar-refractivity contribution in [2.24, 2.45) is 11.8 Å². The number of ether oxygens (including phenoxy) is 1. The molecule has 1 saturated carbocycles. The first-order valence-corrected chi connectivity index (χ1v) is 8.84. The molecule has 120 valence electrons. The fourth-order valence-corrected chi connectivity index (χ4v) is 4.47. The van der Waals surface area contributed by atoms with Gasteiger partial charge < -0.3 is 4.74 Å². The molecule has 2 nitrogen and oxygen atoms in total. The van der Waals surface area contributed by atoms with E-state index in [1.54, 1.807) is 0 Å². The van der Waals surface area contributed by atoms with Crippen molar-refractivity contribution in [2.45, 2.75) is 31.8 Å². The number of rotatable bonds is 2. The number of hydrogen-bond acceptors (Lipinski definition) is 2. The van der Waals surface area contributed by atoms with Crippen molar-refractivity contribution in [2.75, 3.05) is 0 Å². The number of carbonyl (C=O) groups is 1. The highest BCUT2D eigenvalue weighted by Crippen LogP contribution is 2.41. The Bertz CT molecular complexity index is 849. The van der Waals surface area contributed by atoms with Crippen LogP contribution in [-0.2, 0) is 17.6 Å². The van der Waals surface area contributed by atoms with Crippen LogP contribution in [0, 0.1) is 11.8 Å². The van der Waals surface area contributed by atoms with E-state index in [0.29, 0.717) is 17.4 Å². The summed E-state index contributed by atoms with van der Waals surface area (Å²) in [6.45, 7) is 0. The van der Waals surface area contributed by atoms with Crippen molar-refractivity contribution in [3.8, 4) is 0 Å². The molecule has 24 heavy (non-hydrogen) atoms. The van der Waals surface area contributed by atoms with E-state index >= 15 is 0 Å². The summed E-state index contributed by atoms with van der Waals surface area (Å²) >= 11 is 0. The zero-order valence-corrected chi connectivity index (χ0v) is 13.6. The van der Waals surface area contributed by atoms with Gasteiger partial charge in [0, 0.05) is 5.92 Å². The van der Waals surface area contributed by atoms with Gasteiger partial charge in [0.1, 0.15) is 6.10 Å². The zero-order chi connectivity index (χ0) is 16.1. The SMILES string of the molecule is O=C(OC1CC2C=CC1C2)c1ccc2c(c1)Cc1ccccc1C2. The van der Waals surface area contributed by atoms with Crippen molar-refractivity contribution in [3.63, 3.8) is 0 Å². The maximum atomic E-state index is 12.6. The number of hydrogen-bond donors (Lipinski definition) is 0. The Balaban J connectivity index is 1.37. The van der Waals surface area contributed by atoms with E-state index in [4.69, 9.17) is 4.74 Å². The summed E-state index contributed by atoms with van der Waals surface area (Å²) < 4.78 is 5.80. The Morgan fingerprint density at radius 3 is 2.33 bits per heavy atom. The maximum absolute atomic E-state index is 12.6. The fourth-order valence-electron chi connectivity index (χ4n) is 4.47. The van der Waals surface area contributed by atoms with Gasteiger partial charge in [0.25, 0.3) is 0 Å². The molecule has 1 fully saturated rings. The van der Waals surface area contributed by atoms with E-state index in [1.165, 1.54) is 22.3 Å². The monoisotopic (exact) mass is 316 g/mol. The minimum Gasteiger partial charge on any atom is -0.458 e. The summed E-state index contributed by atoms with van der Waals surface area (Å²) in [5.41, 5.74) is 6.05. The number of benzene rings is 2. The molecule has 3 atom stereocenters. The molecule has 3 aliphatic carbocycles. The molecule has 0 amide bonds. The molecule has 2 bridgehead atoms. The second kappa shape index (κ2) is 5.34. The Morgan fingerprint density at radius 1 is 0.875 bits per heavy atom. The average Bonchev–Trinajstić information content (AvgIpc) is 3.22. The normalized spacial score (nSPS) is 26.1. The third kappa shape index (κ3) is 2.29. The number of carbonyl (C=O) groups excluding carboxylic acids is 1. The van der Waals surface area contributed by atoms with E-state index in [2.05, 4.69) is 42.5 Å². The van der Waals surface area contributed by atoms with Gasteiger partial charge in [-0.2, -0.15) is 0 Å². The first-order valence-electron chi connectivity index (χ1n) is 8.84. The van der Waals surface area contributed by atoms with Crippen molar-refractivity contribution >= 4 is 5.97 Å². The highest BCUT2D eigenvalue weighted by molar-refractivity contribution is 5.90. The molecule has 0 aliphatic heterocycles. The van der Waals surface area contributed by atoms with E-state index in [1.807, 2.05) is 12.1 Å². The van der Waals surface area contributed by atoms with E-state index in [-0.39, 0.29) is 12.1 Å². The fraction of sp³-hybridized carbons (Fsp3) is 0.318. The van der Waals surface area contributed by atoms with E-state index < -0.39 is 0 Å². The predicted octanol–water partition coefficient (Wildman–Crippen LogP) is 4.30. The molecule has 5 rings (SSSR count). The lowest BCUT2D eigenvalue weighted by atomic mass is 9.85. The van der Waals surface area contributed by atoms with Crippen molar-refractivity contribution in [1.82, 2.24) is 0 Å². The molecule has 3 unspecified atom stereocenters. The van der Waals surface area contributed by atoms with Gasteiger partial charge in [-0.1, -0.05) is 42.5 Å². The minimum absolute atomic E-state index is 0.0734. The Hall–Kier alpha value is -2.35. The largest absolute Gasteiger partial charge is 0.458 e. The van der Waals surface area contributed by atoms with Crippen LogP contribution in [0.4, 0.5) is 0 Å². The van der Waals surface area contributed by atoms with Crippen molar-refractivity contribution in [3.05, 3.63) is 82.4 Å². The molecule has 3 aliphatic rings. The van der Waals surface area contributed by atoms with Gasteiger partial charge in [-0.15, -0.1) is 0 Å². The molecule has 0 heterocycles. The van der Waals surface area contributed by atoms with Crippen LogP contribution in [0.15, 0.2) is 54.6 Å². The first kappa shape index (κ1) is 14.0. The first-order chi connectivity index (χ1) is 11.8. The lowest BCUT2D eigenvalue weighted by Crippen LogP contribution is -2.22. The van der Waals surface area contributed by atoms with E-state index in [0.717, 1.165) is 25.7 Å². The van der Waals surface area contributed by atoms with Gasteiger partial charge in [-0.25, -0.2) is 4.79 Å². The predicted molar refractivity (Wildman–Crippen MR) is 93.1 cm³/mol. The molecule has 0 radical (unpaired) electrons. The van der Waals surface area contributed by atoms with Crippen LogP contribution in [0.5, 0.6) is 0 Å². The van der Waals surface area contributed by atoms with Crippen LogP contribution in [0.1, 0.15) is 45.5 Å². The summed E-state index contributed by atoms with van der Waals surface area (Å²) in [5, 5.41) is 0. The molecule has 0 N–H and O–H groups in total. The molecule has 0 spiro atoms. The topological polar surface area (TPSA) is 26.3 Å². The molecular formula is C22H20O2. The van der Waals surface area contributed by atoms with Gasteiger partial charge in [-0.05, 0) is 66.0 Å². The van der Waals surface area contributed by atoms with Gasteiger partial charge in [0.05, 0.1) is 5.56 Å². The highest BCUT2D eigenvalue weighted by Gasteiger charge is 2.38. The quantitative estimate of drug-likeness (QED) is 0.520. The second-order valence-electron chi connectivity index (χ2n) is 7.33. The van der Waals surface area contributed by atoms with Crippen molar-refractivity contribution < 1.29 is 9.53 Å². The molecule has 0 saturated heterocycles. The third-order valence-corrected chi connectivity index (χ3v) is 5.80. The number of fused-ring (bicyclic) bond motifs is 4. The number of esters is 1. The highest BCUT2D eigenvalue weighted by atomic mass is 16.5. The van der Waals surface area contributed by atoms with Crippen molar-refractivity contribution in [1.29, 1.82) is 0 Å². The Labute approximate surface area is 142 Å². The molecule has 2 heteroatoms. The Kier molecular flexibility index (Phi) is 3.12. The summed E-state index contributed by atoms with van der Waals surface area (Å²) in [6.07, 6.45) is 8.57. The summed E-state index contributed by atoms with van der Waals surface area (Å²) in [6, 6.07) is 14.6. The minimum atomic E-state index is -0.164. The standard InChI is InChI=1S/C22H20O2/c23-22(24-21-10-14-5-6-18(21)9-14)19-8-7-17-11-15-3-1-2-4-16(15)12-20(17)13-19/h1-8,13-14,18,21H,9-12H2. The van der Waals surface area contributed by atoms with Gasteiger partial charge in [-0.3, -0.25) is 0 Å². The molecule has 2 aromatic carbocycles. The van der Waals surface area contributed by atoms with Gasteiger partial charge in [0.2, 0.25) is 0 Å². The smallest absolute Gasteiger partial charge is 0.338 e. The van der Waals surface area contributed by atoms with E-state index in [9.17, 15) is 4.79 Å². The summed E-state index contributed by atoms with van der Waals surface area (Å²) in [5.74, 6) is 0.888.